The average Bonchev–Trinajstić information content (AvgIpc) is 2.80. The summed E-state index contributed by atoms with van der Waals surface area (Å²) in [5, 5.41) is 4.59. The number of sulfonamides is 1. The number of benzene rings is 2. The van der Waals surface area contributed by atoms with Crippen molar-refractivity contribution >= 4 is 26.7 Å². The normalized spacial score (nSPS) is 11.8. The van der Waals surface area contributed by atoms with Gasteiger partial charge in [-0.05, 0) is 55.8 Å². The van der Waals surface area contributed by atoms with E-state index in [1.807, 2.05) is 0 Å². The first-order chi connectivity index (χ1) is 10.4. The minimum Gasteiger partial charge on any atom is -0.356 e. The van der Waals surface area contributed by atoms with Gasteiger partial charge >= 0.3 is 0 Å². The van der Waals surface area contributed by atoms with Crippen molar-refractivity contribution in [1.82, 2.24) is 5.16 Å². The second-order valence-electron chi connectivity index (χ2n) is 4.99. The van der Waals surface area contributed by atoms with E-state index in [0.29, 0.717) is 22.5 Å². The minimum atomic E-state index is -3.78. The summed E-state index contributed by atoms with van der Waals surface area (Å²) in [5.74, 6) is -0.489. The quantitative estimate of drug-likeness (QED) is 0.803. The zero-order valence-corrected chi connectivity index (χ0v) is 12.7. The molecule has 0 radical (unpaired) electrons. The van der Waals surface area contributed by atoms with E-state index < -0.39 is 15.8 Å². The number of halogens is 1. The molecule has 0 saturated heterocycles. The Labute approximate surface area is 126 Å². The molecular weight excluding hydrogens is 307 g/mol. The van der Waals surface area contributed by atoms with Gasteiger partial charge in [-0.2, -0.15) is 0 Å². The van der Waals surface area contributed by atoms with Gasteiger partial charge in [0.2, 0.25) is 0 Å². The van der Waals surface area contributed by atoms with Crippen LogP contribution in [-0.4, -0.2) is 13.6 Å². The van der Waals surface area contributed by atoms with Crippen molar-refractivity contribution in [2.45, 2.75) is 18.7 Å². The maximum atomic E-state index is 12.9. The van der Waals surface area contributed by atoms with E-state index in [0.717, 1.165) is 17.5 Å². The molecule has 7 heteroatoms. The molecule has 0 fully saturated rings. The Bertz CT molecular complexity index is 947. The second kappa shape index (κ2) is 5.10. The highest BCUT2D eigenvalue weighted by atomic mass is 32.2. The molecule has 114 valence electrons. The number of aryl methyl sites for hydroxylation is 2. The van der Waals surface area contributed by atoms with Crippen LogP contribution in [0.4, 0.5) is 10.1 Å². The fraction of sp³-hybridized carbons (Fsp3) is 0.133. The number of nitrogens with one attached hydrogen (secondary N) is 1. The highest BCUT2D eigenvalue weighted by Crippen LogP contribution is 2.27. The largest absolute Gasteiger partial charge is 0.356 e. The van der Waals surface area contributed by atoms with Gasteiger partial charge < -0.3 is 4.52 Å². The molecule has 0 aliphatic heterocycles. The molecule has 0 unspecified atom stereocenters. The van der Waals surface area contributed by atoms with Gasteiger partial charge in [0, 0.05) is 5.39 Å². The summed E-state index contributed by atoms with van der Waals surface area (Å²) in [6, 6.07) is 8.05. The number of fused-ring (bicyclic) bond motifs is 1. The Morgan fingerprint density at radius 1 is 1.14 bits per heavy atom. The smallest absolute Gasteiger partial charge is 0.261 e. The third-order valence-electron chi connectivity index (χ3n) is 3.37. The molecule has 0 aliphatic carbocycles. The molecule has 3 rings (SSSR count). The summed E-state index contributed by atoms with van der Waals surface area (Å²) < 4.78 is 45.3. The third-order valence-corrected chi connectivity index (χ3v) is 4.75. The number of aromatic nitrogens is 1. The van der Waals surface area contributed by atoms with Gasteiger partial charge in [-0.1, -0.05) is 5.16 Å². The van der Waals surface area contributed by atoms with Gasteiger partial charge in [-0.15, -0.1) is 0 Å². The van der Waals surface area contributed by atoms with Crippen LogP contribution in [0.1, 0.15) is 11.3 Å². The summed E-state index contributed by atoms with van der Waals surface area (Å²) in [4.78, 5) is -0.00422. The second-order valence-corrected chi connectivity index (χ2v) is 6.67. The molecule has 0 bridgehead atoms. The zero-order valence-electron chi connectivity index (χ0n) is 11.9. The number of nitrogens with zero attached hydrogens (tertiary/aromatic N) is 1. The predicted octanol–water partition coefficient (Wildman–Crippen LogP) is 3.38. The van der Waals surface area contributed by atoms with Gasteiger partial charge in [0.1, 0.15) is 5.82 Å². The number of hydrogen-bond donors (Lipinski definition) is 1. The molecular formula is C15H13FN2O3S. The standard InChI is InChI=1S/C15H13FN2O3S/c1-9-7-15-13(10(2)17-21-15)8-14(9)18-22(19,20)12-5-3-11(16)4-6-12/h3-8,18H,1-2H3. The van der Waals surface area contributed by atoms with E-state index in [1.54, 1.807) is 26.0 Å². The van der Waals surface area contributed by atoms with Crippen LogP contribution in [0.5, 0.6) is 0 Å². The molecule has 0 atom stereocenters. The van der Waals surface area contributed by atoms with Crippen molar-refractivity contribution in [2.75, 3.05) is 4.72 Å². The van der Waals surface area contributed by atoms with Crippen LogP contribution in [0.2, 0.25) is 0 Å². The lowest BCUT2D eigenvalue weighted by molar-refractivity contribution is 0.450. The maximum absolute atomic E-state index is 12.9. The van der Waals surface area contributed by atoms with Crippen LogP contribution in [0.3, 0.4) is 0 Å². The van der Waals surface area contributed by atoms with Gasteiger partial charge in [0.05, 0.1) is 16.3 Å². The summed E-state index contributed by atoms with van der Waals surface area (Å²) in [7, 11) is -3.78. The number of anilines is 1. The van der Waals surface area contributed by atoms with Gasteiger partial charge in [-0.3, -0.25) is 4.72 Å². The number of hydrogen-bond acceptors (Lipinski definition) is 4. The van der Waals surface area contributed by atoms with Gasteiger partial charge in [0.25, 0.3) is 10.0 Å². The van der Waals surface area contributed by atoms with Crippen LogP contribution in [-0.2, 0) is 10.0 Å². The van der Waals surface area contributed by atoms with Crippen molar-refractivity contribution in [3.8, 4) is 0 Å². The SMILES string of the molecule is Cc1cc2onc(C)c2cc1NS(=O)(=O)c1ccc(F)cc1. The lowest BCUT2D eigenvalue weighted by atomic mass is 10.1. The summed E-state index contributed by atoms with van der Waals surface area (Å²) in [6.45, 7) is 3.54. The Hall–Kier alpha value is -2.41. The predicted molar refractivity (Wildman–Crippen MR) is 80.7 cm³/mol. The number of rotatable bonds is 3. The van der Waals surface area contributed by atoms with E-state index in [-0.39, 0.29) is 4.90 Å². The fourth-order valence-electron chi connectivity index (χ4n) is 2.13. The van der Waals surface area contributed by atoms with Crippen LogP contribution >= 0.6 is 0 Å². The molecule has 0 amide bonds. The van der Waals surface area contributed by atoms with Crippen LogP contribution in [0.15, 0.2) is 45.8 Å². The zero-order chi connectivity index (χ0) is 15.9. The molecule has 0 spiro atoms. The van der Waals surface area contributed by atoms with Crippen molar-refractivity contribution < 1.29 is 17.3 Å². The van der Waals surface area contributed by atoms with Crippen molar-refractivity contribution in [2.24, 2.45) is 0 Å². The molecule has 5 nitrogen and oxygen atoms in total. The molecule has 0 saturated carbocycles. The fourth-order valence-corrected chi connectivity index (χ4v) is 3.26. The van der Waals surface area contributed by atoms with Gasteiger partial charge in [0.15, 0.2) is 5.58 Å². The first kappa shape index (κ1) is 14.5. The van der Waals surface area contributed by atoms with Crippen LogP contribution < -0.4 is 4.72 Å². The summed E-state index contributed by atoms with van der Waals surface area (Å²) in [6.07, 6.45) is 0. The van der Waals surface area contributed by atoms with E-state index in [2.05, 4.69) is 9.88 Å². The lowest BCUT2D eigenvalue weighted by Gasteiger charge is -2.10. The van der Waals surface area contributed by atoms with Crippen molar-refractivity contribution in [3.63, 3.8) is 0 Å². The summed E-state index contributed by atoms with van der Waals surface area (Å²) in [5.41, 5.74) is 2.41. The van der Waals surface area contributed by atoms with Crippen molar-refractivity contribution in [3.05, 3.63) is 53.5 Å². The van der Waals surface area contributed by atoms with E-state index in [1.165, 1.54) is 12.1 Å². The first-order valence-electron chi connectivity index (χ1n) is 6.52. The van der Waals surface area contributed by atoms with E-state index >= 15 is 0 Å². The van der Waals surface area contributed by atoms with E-state index in [9.17, 15) is 12.8 Å². The molecule has 22 heavy (non-hydrogen) atoms. The molecule has 1 heterocycles. The third kappa shape index (κ3) is 2.55. The highest BCUT2D eigenvalue weighted by molar-refractivity contribution is 7.92. The first-order valence-corrected chi connectivity index (χ1v) is 8.00. The van der Waals surface area contributed by atoms with Crippen LogP contribution in [0.25, 0.3) is 11.0 Å². The van der Waals surface area contributed by atoms with Crippen molar-refractivity contribution in [1.29, 1.82) is 0 Å². The van der Waals surface area contributed by atoms with Gasteiger partial charge in [-0.25, -0.2) is 12.8 Å². The Morgan fingerprint density at radius 2 is 1.82 bits per heavy atom. The Balaban J connectivity index is 2.03. The molecule has 1 N–H and O–H groups in total. The minimum absolute atomic E-state index is 0.00422. The maximum Gasteiger partial charge on any atom is 0.261 e. The molecule has 0 aliphatic rings. The molecule has 3 aromatic rings. The highest BCUT2D eigenvalue weighted by Gasteiger charge is 2.17. The topological polar surface area (TPSA) is 72.2 Å². The Morgan fingerprint density at radius 3 is 2.50 bits per heavy atom. The molecule has 2 aromatic carbocycles. The molecule has 1 aromatic heterocycles. The lowest BCUT2D eigenvalue weighted by Crippen LogP contribution is -2.13. The van der Waals surface area contributed by atoms with Crippen LogP contribution in [0, 0.1) is 19.7 Å². The monoisotopic (exact) mass is 320 g/mol. The average molecular weight is 320 g/mol. The summed E-state index contributed by atoms with van der Waals surface area (Å²) >= 11 is 0. The Kier molecular flexibility index (Phi) is 3.37. The van der Waals surface area contributed by atoms with E-state index in [4.69, 9.17) is 4.52 Å².